The summed E-state index contributed by atoms with van der Waals surface area (Å²) in [4.78, 5) is 10.7. The third-order valence-electron chi connectivity index (χ3n) is 4.45. The van der Waals surface area contributed by atoms with Crippen LogP contribution in [-0.4, -0.2) is 35.3 Å². The largest absolute Gasteiger partial charge is 0.481 e. The second-order valence-electron chi connectivity index (χ2n) is 6.98. The predicted octanol–water partition coefficient (Wildman–Crippen LogP) is 3.73. The van der Waals surface area contributed by atoms with Crippen LogP contribution in [0.1, 0.15) is 31.1 Å². The van der Waals surface area contributed by atoms with Gasteiger partial charge in [0.15, 0.2) is 0 Å². The van der Waals surface area contributed by atoms with E-state index >= 15 is 0 Å². The van der Waals surface area contributed by atoms with Crippen LogP contribution in [0.25, 0.3) is 0 Å². The molecule has 0 saturated carbocycles. The van der Waals surface area contributed by atoms with Gasteiger partial charge in [0.05, 0.1) is 12.5 Å². The van der Waals surface area contributed by atoms with Crippen molar-refractivity contribution in [3.63, 3.8) is 0 Å². The first kappa shape index (κ1) is 21.2. The SMILES string of the molecule is CC(C)C(CNc1ccc(CC(=O)O)cc1)NCC(O)c1cccc(Cl)c1. The monoisotopic (exact) mass is 390 g/mol. The van der Waals surface area contributed by atoms with Crippen molar-refractivity contribution >= 4 is 23.3 Å². The van der Waals surface area contributed by atoms with Gasteiger partial charge in [-0.25, -0.2) is 0 Å². The number of halogens is 1. The van der Waals surface area contributed by atoms with Crippen LogP contribution < -0.4 is 10.6 Å². The van der Waals surface area contributed by atoms with E-state index in [-0.39, 0.29) is 12.5 Å². The maximum atomic E-state index is 10.7. The lowest BCUT2D eigenvalue weighted by atomic mass is 10.0. The number of carboxylic acid groups (broad SMARTS) is 1. The van der Waals surface area contributed by atoms with Crippen LogP contribution in [0.15, 0.2) is 48.5 Å². The standard InChI is InChI=1S/C21H27ClN2O3/c1-14(2)19(24-13-20(25)16-4-3-5-17(22)11-16)12-23-18-8-6-15(7-9-18)10-21(26)27/h3-9,11,14,19-20,23-25H,10,12-13H2,1-2H3,(H,26,27). The fraction of sp³-hybridized carbons (Fsp3) is 0.381. The van der Waals surface area contributed by atoms with Crippen LogP contribution in [-0.2, 0) is 11.2 Å². The maximum Gasteiger partial charge on any atom is 0.307 e. The minimum Gasteiger partial charge on any atom is -0.481 e. The van der Waals surface area contributed by atoms with E-state index < -0.39 is 12.1 Å². The van der Waals surface area contributed by atoms with Gasteiger partial charge in [0, 0.05) is 29.8 Å². The topological polar surface area (TPSA) is 81.6 Å². The third kappa shape index (κ3) is 7.21. The Morgan fingerprint density at radius 3 is 2.41 bits per heavy atom. The molecule has 2 unspecified atom stereocenters. The van der Waals surface area contributed by atoms with Gasteiger partial charge in [0.2, 0.25) is 0 Å². The molecule has 2 aromatic carbocycles. The minimum atomic E-state index is -0.835. The number of hydrogen-bond acceptors (Lipinski definition) is 4. The highest BCUT2D eigenvalue weighted by Crippen LogP contribution is 2.18. The summed E-state index contributed by atoms with van der Waals surface area (Å²) in [5.74, 6) is -0.464. The second kappa shape index (κ2) is 10.3. The average molecular weight is 391 g/mol. The summed E-state index contributed by atoms with van der Waals surface area (Å²) in [6.07, 6.45) is -0.599. The Balaban J connectivity index is 1.87. The van der Waals surface area contributed by atoms with E-state index in [1.54, 1.807) is 12.1 Å². The first-order valence-electron chi connectivity index (χ1n) is 9.06. The Labute approximate surface area is 165 Å². The summed E-state index contributed by atoms with van der Waals surface area (Å²) in [6.45, 7) is 5.38. The molecule has 0 aliphatic rings. The molecule has 0 aliphatic heterocycles. The molecule has 0 aliphatic carbocycles. The maximum absolute atomic E-state index is 10.7. The lowest BCUT2D eigenvalue weighted by molar-refractivity contribution is -0.136. The molecule has 0 bridgehead atoms. The van der Waals surface area contributed by atoms with Gasteiger partial charge < -0.3 is 20.8 Å². The number of benzene rings is 2. The Bertz CT molecular complexity index is 734. The van der Waals surface area contributed by atoms with E-state index in [1.807, 2.05) is 36.4 Å². The highest BCUT2D eigenvalue weighted by molar-refractivity contribution is 6.30. The molecule has 0 fully saturated rings. The van der Waals surface area contributed by atoms with Gasteiger partial charge in [-0.1, -0.05) is 49.7 Å². The van der Waals surface area contributed by atoms with Crippen LogP contribution in [0.4, 0.5) is 5.69 Å². The van der Waals surface area contributed by atoms with Crippen LogP contribution >= 0.6 is 11.6 Å². The first-order chi connectivity index (χ1) is 12.8. The summed E-state index contributed by atoms with van der Waals surface area (Å²) >= 11 is 5.98. The number of carboxylic acids is 1. The van der Waals surface area contributed by atoms with E-state index in [0.29, 0.717) is 24.0 Å². The zero-order valence-electron chi connectivity index (χ0n) is 15.7. The van der Waals surface area contributed by atoms with Crippen LogP contribution in [0, 0.1) is 5.92 Å². The predicted molar refractivity (Wildman–Crippen MR) is 109 cm³/mol. The van der Waals surface area contributed by atoms with Gasteiger partial charge in [-0.15, -0.1) is 0 Å². The van der Waals surface area contributed by atoms with Crippen molar-refractivity contribution in [2.45, 2.75) is 32.4 Å². The minimum absolute atomic E-state index is 0.0256. The molecule has 2 aromatic rings. The molecule has 0 heterocycles. The van der Waals surface area contributed by atoms with E-state index in [9.17, 15) is 9.90 Å². The number of nitrogens with one attached hydrogen (secondary N) is 2. The van der Waals surface area contributed by atoms with Crippen molar-refractivity contribution in [1.82, 2.24) is 5.32 Å². The van der Waals surface area contributed by atoms with E-state index in [1.165, 1.54) is 0 Å². The molecular weight excluding hydrogens is 364 g/mol. The molecule has 5 nitrogen and oxygen atoms in total. The first-order valence-corrected chi connectivity index (χ1v) is 9.44. The normalized spacial score (nSPS) is 13.4. The smallest absolute Gasteiger partial charge is 0.307 e. The van der Waals surface area contributed by atoms with Crippen LogP contribution in [0.5, 0.6) is 0 Å². The van der Waals surface area contributed by atoms with E-state index in [2.05, 4.69) is 24.5 Å². The van der Waals surface area contributed by atoms with Gasteiger partial charge in [-0.2, -0.15) is 0 Å². The number of aliphatic hydroxyl groups is 1. The fourth-order valence-corrected chi connectivity index (χ4v) is 2.98. The number of anilines is 1. The Morgan fingerprint density at radius 1 is 1.11 bits per heavy atom. The van der Waals surface area contributed by atoms with Gasteiger partial charge in [-0.05, 0) is 41.3 Å². The van der Waals surface area contributed by atoms with Crippen molar-refractivity contribution in [1.29, 1.82) is 0 Å². The van der Waals surface area contributed by atoms with Gasteiger partial charge in [0.1, 0.15) is 0 Å². The number of carbonyl (C=O) groups is 1. The summed E-state index contributed by atoms with van der Waals surface area (Å²) in [5.41, 5.74) is 2.50. The quantitative estimate of drug-likeness (QED) is 0.497. The Hall–Kier alpha value is -2.08. The number of hydrogen-bond donors (Lipinski definition) is 4. The van der Waals surface area contributed by atoms with Crippen LogP contribution in [0.3, 0.4) is 0 Å². The average Bonchev–Trinajstić information content (AvgIpc) is 2.62. The fourth-order valence-electron chi connectivity index (χ4n) is 2.78. The molecule has 146 valence electrons. The van der Waals surface area contributed by atoms with Gasteiger partial charge in [-0.3, -0.25) is 4.79 Å². The van der Waals surface area contributed by atoms with Crippen molar-refractivity contribution in [2.75, 3.05) is 18.4 Å². The van der Waals surface area contributed by atoms with Crippen molar-refractivity contribution in [3.8, 4) is 0 Å². The Morgan fingerprint density at radius 2 is 1.81 bits per heavy atom. The van der Waals surface area contributed by atoms with Crippen molar-refractivity contribution in [2.24, 2.45) is 5.92 Å². The number of rotatable bonds is 10. The molecule has 0 radical (unpaired) electrons. The summed E-state index contributed by atoms with van der Waals surface area (Å²) in [7, 11) is 0. The zero-order chi connectivity index (χ0) is 19.8. The molecule has 2 atom stereocenters. The van der Waals surface area contributed by atoms with Gasteiger partial charge >= 0.3 is 5.97 Å². The molecule has 0 spiro atoms. The molecule has 0 saturated heterocycles. The molecule has 6 heteroatoms. The number of aliphatic carboxylic acids is 1. The molecule has 0 aromatic heterocycles. The highest BCUT2D eigenvalue weighted by Gasteiger charge is 2.16. The molecular formula is C21H27ClN2O3. The van der Waals surface area contributed by atoms with Gasteiger partial charge in [0.25, 0.3) is 0 Å². The van der Waals surface area contributed by atoms with Crippen molar-refractivity contribution < 1.29 is 15.0 Å². The van der Waals surface area contributed by atoms with E-state index in [4.69, 9.17) is 16.7 Å². The molecule has 4 N–H and O–H groups in total. The van der Waals surface area contributed by atoms with Crippen LogP contribution in [0.2, 0.25) is 5.02 Å². The molecule has 2 rings (SSSR count). The number of aliphatic hydroxyl groups excluding tert-OH is 1. The third-order valence-corrected chi connectivity index (χ3v) is 4.68. The van der Waals surface area contributed by atoms with E-state index in [0.717, 1.165) is 16.8 Å². The molecule has 27 heavy (non-hydrogen) atoms. The van der Waals surface area contributed by atoms with Crippen molar-refractivity contribution in [3.05, 3.63) is 64.7 Å². The Kier molecular flexibility index (Phi) is 8.10. The highest BCUT2D eigenvalue weighted by atomic mass is 35.5. The summed E-state index contributed by atoms with van der Waals surface area (Å²) < 4.78 is 0. The second-order valence-corrected chi connectivity index (χ2v) is 7.41. The summed E-state index contributed by atoms with van der Waals surface area (Å²) in [6, 6.07) is 14.8. The lowest BCUT2D eigenvalue weighted by Gasteiger charge is -2.25. The lowest BCUT2D eigenvalue weighted by Crippen LogP contribution is -2.41. The molecule has 0 amide bonds. The summed E-state index contributed by atoms with van der Waals surface area (Å²) in [5, 5.41) is 26.6. The zero-order valence-corrected chi connectivity index (χ0v) is 16.4.